The molecule has 0 aliphatic carbocycles. The van der Waals surface area contributed by atoms with Gasteiger partial charge in [0.1, 0.15) is 0 Å². The van der Waals surface area contributed by atoms with E-state index < -0.39 is 14.1 Å². The first-order valence-electron chi connectivity index (χ1n) is 14.7. The molecule has 0 rings (SSSR count). The summed E-state index contributed by atoms with van der Waals surface area (Å²) in [5.41, 5.74) is 0. The van der Waals surface area contributed by atoms with Crippen molar-refractivity contribution >= 4 is 14.1 Å². The van der Waals surface area contributed by atoms with Gasteiger partial charge in [-0.05, 0) is 17.8 Å². The highest BCUT2D eigenvalue weighted by Crippen LogP contribution is 2.30. The van der Waals surface area contributed by atoms with Crippen LogP contribution in [-0.2, 0) is 0 Å². The highest BCUT2D eigenvalue weighted by atomic mass is 27.2. The molecule has 0 aliphatic rings. The van der Waals surface area contributed by atoms with Crippen molar-refractivity contribution in [2.24, 2.45) is 35.5 Å². The summed E-state index contributed by atoms with van der Waals surface area (Å²) in [6.07, 6.45) is 17.2. The Labute approximate surface area is 204 Å². The van der Waals surface area contributed by atoms with E-state index in [0.29, 0.717) is 0 Å². The highest BCUT2D eigenvalue weighted by Gasteiger charge is 2.25. The molecule has 0 N–H and O–H groups in total. The average molecular weight is 451 g/mol. The first-order valence-corrected chi connectivity index (χ1v) is 17.2. The Balaban J connectivity index is 4.67. The predicted octanol–water partition coefficient (Wildman–Crippen LogP) is 11.0. The summed E-state index contributed by atoms with van der Waals surface area (Å²) >= 11 is -0.645. The van der Waals surface area contributed by atoms with Crippen LogP contribution in [0.3, 0.4) is 0 Å². The summed E-state index contributed by atoms with van der Waals surface area (Å²) in [5.74, 6) is 5.71. The first kappa shape index (κ1) is 31.5. The normalized spacial score (nSPS) is 17.7. The van der Waals surface area contributed by atoms with Crippen LogP contribution in [0.25, 0.3) is 0 Å². The zero-order valence-corrected chi connectivity index (χ0v) is 24.8. The Bertz CT molecular complexity index is 322. The Kier molecular flexibility index (Phi) is 20.3. The topological polar surface area (TPSA) is 0 Å². The largest absolute Gasteiger partial charge is 0.262 e. The van der Waals surface area contributed by atoms with Gasteiger partial charge in [0.15, 0.2) is 0 Å². The third-order valence-corrected chi connectivity index (χ3v) is 12.4. The second-order valence-corrected chi connectivity index (χ2v) is 15.4. The molecule has 31 heavy (non-hydrogen) atoms. The van der Waals surface area contributed by atoms with Gasteiger partial charge in [-0.15, -0.1) is 0 Å². The summed E-state index contributed by atoms with van der Waals surface area (Å²) in [6.45, 7) is 22.2. The van der Waals surface area contributed by atoms with Gasteiger partial charge in [-0.1, -0.05) is 173 Å². The number of rotatable bonds is 21. The lowest BCUT2D eigenvalue weighted by atomic mass is 9.95. The molecule has 6 atom stereocenters. The van der Waals surface area contributed by atoms with Crippen LogP contribution in [0.2, 0.25) is 15.8 Å². The van der Waals surface area contributed by atoms with Gasteiger partial charge >= 0.3 is 0 Å². The minimum Gasteiger partial charge on any atom is -0.0913 e. The molecule has 0 nitrogen and oxygen atoms in total. The van der Waals surface area contributed by atoms with Gasteiger partial charge in [-0.3, -0.25) is 0 Å². The van der Waals surface area contributed by atoms with Crippen molar-refractivity contribution in [3.63, 3.8) is 0 Å². The highest BCUT2D eigenvalue weighted by molar-refractivity contribution is 6.59. The molecule has 0 saturated heterocycles. The van der Waals surface area contributed by atoms with Crippen LogP contribution in [0.4, 0.5) is 0 Å². The lowest BCUT2D eigenvalue weighted by molar-refractivity contribution is 0.410. The zero-order chi connectivity index (χ0) is 23.6. The van der Waals surface area contributed by atoms with Gasteiger partial charge < -0.3 is 0 Å². The maximum absolute atomic E-state index is 2.58. The van der Waals surface area contributed by atoms with Gasteiger partial charge in [0, 0.05) is 0 Å². The molecule has 0 radical (unpaired) electrons. The third kappa shape index (κ3) is 18.6. The van der Waals surface area contributed by atoms with Gasteiger partial charge in [-0.25, -0.2) is 0 Å². The standard InChI is InChI=1S/3C10H21.Al/c3*1-5-6-10(4)8-7-9(2)3;/h3*9-10H,2,5-8H2,1,3-4H3;. The molecule has 0 heterocycles. The van der Waals surface area contributed by atoms with Crippen LogP contribution in [-0.4, -0.2) is 14.1 Å². The zero-order valence-electron chi connectivity index (χ0n) is 23.6. The van der Waals surface area contributed by atoms with Crippen molar-refractivity contribution in [1.29, 1.82) is 0 Å². The van der Waals surface area contributed by atoms with E-state index in [2.05, 4.69) is 62.3 Å². The van der Waals surface area contributed by atoms with E-state index in [0.717, 1.165) is 35.5 Å². The summed E-state index contributed by atoms with van der Waals surface area (Å²) in [5, 5.41) is 4.84. The average Bonchev–Trinajstić information content (AvgIpc) is 2.70. The van der Waals surface area contributed by atoms with E-state index in [1.807, 2.05) is 0 Å². The van der Waals surface area contributed by atoms with E-state index >= 15 is 0 Å². The molecule has 0 aliphatic heterocycles. The van der Waals surface area contributed by atoms with Crippen LogP contribution < -0.4 is 0 Å². The lowest BCUT2D eigenvalue weighted by Gasteiger charge is -2.25. The fourth-order valence-electron chi connectivity index (χ4n) is 5.97. The van der Waals surface area contributed by atoms with Crippen molar-refractivity contribution in [3.8, 4) is 0 Å². The molecule has 0 aromatic carbocycles. The van der Waals surface area contributed by atoms with Crippen LogP contribution in [0.5, 0.6) is 0 Å². The van der Waals surface area contributed by atoms with Gasteiger partial charge in [0.2, 0.25) is 0 Å². The molecule has 6 unspecified atom stereocenters. The Hall–Kier alpha value is 0.532. The van der Waals surface area contributed by atoms with Crippen molar-refractivity contribution < 1.29 is 0 Å². The second-order valence-electron chi connectivity index (χ2n) is 12.3. The van der Waals surface area contributed by atoms with Gasteiger partial charge in [-0.2, -0.15) is 0 Å². The lowest BCUT2D eigenvalue weighted by Crippen LogP contribution is -2.22. The minimum atomic E-state index is -0.645. The summed E-state index contributed by atoms with van der Waals surface area (Å²) in [4.78, 5) is 0. The maximum Gasteiger partial charge on any atom is 0.262 e. The Morgan fingerprint density at radius 3 is 0.806 bits per heavy atom. The molecule has 0 aromatic rings. The Morgan fingerprint density at radius 2 is 0.581 bits per heavy atom. The monoisotopic (exact) mass is 450 g/mol. The fourth-order valence-corrected chi connectivity index (χ4v) is 10.7. The minimum absolute atomic E-state index is 0.645. The number of hydrogen-bond acceptors (Lipinski definition) is 0. The molecule has 0 fully saturated rings. The van der Waals surface area contributed by atoms with Crippen molar-refractivity contribution in [2.75, 3.05) is 0 Å². The molecular formula is C30H63Al. The summed E-state index contributed by atoms with van der Waals surface area (Å²) in [6, 6.07) is 0. The van der Waals surface area contributed by atoms with E-state index in [4.69, 9.17) is 0 Å². The van der Waals surface area contributed by atoms with Crippen LogP contribution in [0.1, 0.15) is 139 Å². The summed E-state index contributed by atoms with van der Waals surface area (Å²) in [7, 11) is 0. The smallest absolute Gasteiger partial charge is 0.0913 e. The summed E-state index contributed by atoms with van der Waals surface area (Å²) < 4.78 is 0. The van der Waals surface area contributed by atoms with Crippen molar-refractivity contribution in [3.05, 3.63) is 0 Å². The quantitative estimate of drug-likeness (QED) is 0.152. The third-order valence-electron chi connectivity index (χ3n) is 8.01. The van der Waals surface area contributed by atoms with Gasteiger partial charge in [0.05, 0.1) is 0 Å². The fraction of sp³-hybridized carbons (Fsp3) is 1.00. The first-order chi connectivity index (χ1) is 14.7. The Morgan fingerprint density at radius 1 is 0.355 bits per heavy atom. The SMILES string of the molecule is CCCC(C)CCC(C)[CH2][Al]([CH2]C(C)CCC(C)CCC)[CH2]C(C)CCC(C)CCC. The molecule has 186 valence electrons. The van der Waals surface area contributed by atoms with Crippen LogP contribution in [0, 0.1) is 35.5 Å². The van der Waals surface area contributed by atoms with Crippen LogP contribution in [0.15, 0.2) is 0 Å². The molecule has 0 spiro atoms. The van der Waals surface area contributed by atoms with E-state index in [1.165, 1.54) is 77.0 Å². The van der Waals surface area contributed by atoms with E-state index in [-0.39, 0.29) is 0 Å². The molecule has 0 amide bonds. The van der Waals surface area contributed by atoms with E-state index in [9.17, 15) is 0 Å². The predicted molar refractivity (Wildman–Crippen MR) is 148 cm³/mol. The molecule has 0 saturated carbocycles. The maximum atomic E-state index is 2.58. The molecule has 1 heteroatoms. The van der Waals surface area contributed by atoms with Crippen molar-refractivity contribution in [2.45, 2.75) is 155 Å². The molecular weight excluding hydrogens is 387 g/mol. The molecule has 0 aromatic heterocycles. The van der Waals surface area contributed by atoms with Crippen LogP contribution >= 0.6 is 0 Å². The van der Waals surface area contributed by atoms with E-state index in [1.54, 1.807) is 15.8 Å². The second kappa shape index (κ2) is 20.0. The molecule has 0 bridgehead atoms. The van der Waals surface area contributed by atoms with Gasteiger partial charge in [0.25, 0.3) is 14.1 Å². The number of hydrogen-bond donors (Lipinski definition) is 0. The van der Waals surface area contributed by atoms with Crippen molar-refractivity contribution in [1.82, 2.24) is 0 Å².